The molecule has 0 radical (unpaired) electrons. The summed E-state index contributed by atoms with van der Waals surface area (Å²) in [7, 11) is 0. The summed E-state index contributed by atoms with van der Waals surface area (Å²) in [6, 6.07) is 20.6. The number of hydrogen-bond donors (Lipinski definition) is 0. The molecule has 2 atom stereocenters. The van der Waals surface area contributed by atoms with E-state index in [0.717, 1.165) is 5.56 Å². The molecule has 1 amide bonds. The number of carbonyl (C=O) groups excluding carboxylic acids is 1. The van der Waals surface area contributed by atoms with Gasteiger partial charge in [0.25, 0.3) is 0 Å². The highest BCUT2D eigenvalue weighted by molar-refractivity contribution is 5.92. The monoisotopic (exact) mass is 279 g/mol. The van der Waals surface area contributed by atoms with Crippen molar-refractivity contribution in [2.75, 3.05) is 0 Å². The van der Waals surface area contributed by atoms with Crippen LogP contribution in [0.25, 0.3) is 0 Å². The van der Waals surface area contributed by atoms with Gasteiger partial charge in [-0.05, 0) is 31.9 Å². The molecule has 0 spiro atoms. The third-order valence-corrected chi connectivity index (χ3v) is 4.12. The summed E-state index contributed by atoms with van der Waals surface area (Å²) in [6.07, 6.45) is 0. The average Bonchev–Trinajstić information content (AvgIpc) is 2.45. The summed E-state index contributed by atoms with van der Waals surface area (Å²) in [6.45, 7) is 6.30. The minimum Gasteiger partial charge on any atom is -0.329 e. The zero-order valence-corrected chi connectivity index (χ0v) is 12.8. The molecule has 1 heterocycles. The van der Waals surface area contributed by atoms with Gasteiger partial charge in [0.15, 0.2) is 0 Å². The van der Waals surface area contributed by atoms with E-state index in [1.807, 2.05) is 41.3 Å². The first kappa shape index (κ1) is 13.9. The molecule has 0 N–H and O–H groups in total. The molecule has 1 fully saturated rings. The molecule has 1 aliphatic rings. The largest absolute Gasteiger partial charge is 0.329 e. The van der Waals surface area contributed by atoms with E-state index in [1.54, 1.807) is 0 Å². The summed E-state index contributed by atoms with van der Waals surface area (Å²) in [5.41, 5.74) is 2.15. The van der Waals surface area contributed by atoms with Gasteiger partial charge in [-0.2, -0.15) is 0 Å². The number of benzene rings is 2. The molecule has 1 aliphatic heterocycles. The Morgan fingerprint density at radius 1 is 0.810 bits per heavy atom. The van der Waals surface area contributed by atoms with Crippen LogP contribution in [0.5, 0.6) is 0 Å². The summed E-state index contributed by atoms with van der Waals surface area (Å²) in [5.74, 6) is 0.162. The van der Waals surface area contributed by atoms with Crippen molar-refractivity contribution < 1.29 is 4.79 Å². The van der Waals surface area contributed by atoms with Crippen molar-refractivity contribution >= 4 is 5.91 Å². The van der Waals surface area contributed by atoms with E-state index in [9.17, 15) is 4.79 Å². The van der Waals surface area contributed by atoms with E-state index in [4.69, 9.17) is 0 Å². The third kappa shape index (κ3) is 2.35. The van der Waals surface area contributed by atoms with E-state index >= 15 is 0 Å². The molecule has 2 nitrogen and oxygen atoms in total. The Kier molecular flexibility index (Phi) is 3.32. The van der Waals surface area contributed by atoms with Crippen LogP contribution in [0, 0.1) is 0 Å². The first-order valence-corrected chi connectivity index (χ1v) is 7.43. The fourth-order valence-electron chi connectivity index (χ4n) is 3.21. The Bertz CT molecular complexity index is 628. The van der Waals surface area contributed by atoms with E-state index in [1.165, 1.54) is 5.56 Å². The molecule has 108 valence electrons. The number of amides is 1. The van der Waals surface area contributed by atoms with Gasteiger partial charge in [0.2, 0.25) is 5.91 Å². The van der Waals surface area contributed by atoms with Crippen molar-refractivity contribution in [2.24, 2.45) is 0 Å². The van der Waals surface area contributed by atoms with Crippen LogP contribution in [-0.4, -0.2) is 16.3 Å². The molecular weight excluding hydrogens is 258 g/mol. The highest BCUT2D eigenvalue weighted by Gasteiger charge is 2.52. The van der Waals surface area contributed by atoms with Crippen LogP contribution < -0.4 is 0 Å². The Morgan fingerprint density at radius 3 is 1.76 bits per heavy atom. The molecule has 0 bridgehead atoms. The van der Waals surface area contributed by atoms with Crippen molar-refractivity contribution in [1.82, 2.24) is 4.90 Å². The fourth-order valence-corrected chi connectivity index (χ4v) is 3.21. The van der Waals surface area contributed by atoms with E-state index in [0.29, 0.717) is 0 Å². The first-order valence-electron chi connectivity index (χ1n) is 7.43. The van der Waals surface area contributed by atoms with Crippen LogP contribution in [0.15, 0.2) is 60.7 Å². The molecule has 2 aromatic carbocycles. The van der Waals surface area contributed by atoms with Crippen molar-refractivity contribution in [3.05, 3.63) is 71.8 Å². The number of nitrogens with zero attached hydrogens (tertiary/aromatic N) is 1. The minimum atomic E-state index is -0.164. The van der Waals surface area contributed by atoms with Crippen LogP contribution in [0.3, 0.4) is 0 Å². The summed E-state index contributed by atoms with van der Waals surface area (Å²) in [5, 5.41) is 0. The fraction of sp³-hybridized carbons (Fsp3) is 0.316. The zero-order valence-electron chi connectivity index (χ0n) is 12.8. The summed E-state index contributed by atoms with van der Waals surface area (Å²) < 4.78 is 0. The highest BCUT2D eigenvalue weighted by Crippen LogP contribution is 2.49. The van der Waals surface area contributed by atoms with Crippen molar-refractivity contribution in [2.45, 2.75) is 38.3 Å². The lowest BCUT2D eigenvalue weighted by Gasteiger charge is -2.54. The van der Waals surface area contributed by atoms with Crippen LogP contribution >= 0.6 is 0 Å². The van der Waals surface area contributed by atoms with Gasteiger partial charge in [0.05, 0.1) is 12.0 Å². The maximum atomic E-state index is 12.7. The number of β-lactam (4-membered cyclic amide) rings is 1. The van der Waals surface area contributed by atoms with Gasteiger partial charge in [0, 0.05) is 5.54 Å². The second-order valence-electron chi connectivity index (χ2n) is 6.62. The molecule has 0 saturated carbocycles. The van der Waals surface area contributed by atoms with Gasteiger partial charge < -0.3 is 4.90 Å². The number of carbonyl (C=O) groups is 1. The molecule has 1 saturated heterocycles. The van der Waals surface area contributed by atoms with Crippen LogP contribution in [0.4, 0.5) is 0 Å². The Labute approximate surface area is 126 Å². The number of hydrogen-bond acceptors (Lipinski definition) is 1. The SMILES string of the molecule is CC(C)(C)N1C(=O)[C@H](c2ccccc2)[C@H]1c1ccccc1. The molecule has 0 unspecified atom stereocenters. The lowest BCUT2D eigenvalue weighted by atomic mass is 9.75. The first-order chi connectivity index (χ1) is 10.00. The second-order valence-corrected chi connectivity index (χ2v) is 6.62. The quantitative estimate of drug-likeness (QED) is 0.756. The van der Waals surface area contributed by atoms with Gasteiger partial charge in [-0.25, -0.2) is 0 Å². The molecule has 0 aromatic heterocycles. The maximum absolute atomic E-state index is 12.7. The van der Waals surface area contributed by atoms with Gasteiger partial charge in [0.1, 0.15) is 0 Å². The topological polar surface area (TPSA) is 20.3 Å². The maximum Gasteiger partial charge on any atom is 0.233 e. The van der Waals surface area contributed by atoms with Crippen LogP contribution in [0.1, 0.15) is 43.9 Å². The Morgan fingerprint density at radius 2 is 1.29 bits per heavy atom. The molecule has 2 heteroatoms. The molecule has 0 aliphatic carbocycles. The standard InChI is InChI=1S/C19H21NO/c1-19(2,3)20-17(15-12-8-5-9-13-15)16(18(20)21)14-10-6-4-7-11-14/h4-13,16-17H,1-3H3/t16-,17-/m1/s1. The van der Waals surface area contributed by atoms with E-state index < -0.39 is 0 Å². The van der Waals surface area contributed by atoms with Gasteiger partial charge >= 0.3 is 0 Å². The van der Waals surface area contributed by atoms with Crippen molar-refractivity contribution in [3.63, 3.8) is 0 Å². The summed E-state index contributed by atoms with van der Waals surface area (Å²) in [4.78, 5) is 14.7. The Balaban J connectivity index is 2.03. The predicted octanol–water partition coefficient (Wildman–Crippen LogP) is 4.15. The van der Waals surface area contributed by atoms with Crippen LogP contribution in [0.2, 0.25) is 0 Å². The van der Waals surface area contributed by atoms with Crippen molar-refractivity contribution in [1.29, 1.82) is 0 Å². The normalized spacial score (nSPS) is 22.0. The predicted molar refractivity (Wildman–Crippen MR) is 85.0 cm³/mol. The molecular formula is C19H21NO. The van der Waals surface area contributed by atoms with E-state index in [-0.39, 0.29) is 23.4 Å². The molecule has 21 heavy (non-hydrogen) atoms. The lowest BCUT2D eigenvalue weighted by molar-refractivity contribution is -0.159. The summed E-state index contributed by atoms with van der Waals surface area (Å²) >= 11 is 0. The van der Waals surface area contributed by atoms with Gasteiger partial charge in [-0.1, -0.05) is 60.7 Å². The zero-order chi connectivity index (χ0) is 15.0. The number of likely N-dealkylation sites (tertiary alicyclic amines) is 1. The number of rotatable bonds is 2. The van der Waals surface area contributed by atoms with Crippen LogP contribution in [-0.2, 0) is 4.79 Å². The van der Waals surface area contributed by atoms with E-state index in [2.05, 4.69) is 45.0 Å². The third-order valence-electron chi connectivity index (χ3n) is 4.12. The highest BCUT2D eigenvalue weighted by atomic mass is 16.2. The molecule has 2 aromatic rings. The smallest absolute Gasteiger partial charge is 0.233 e. The average molecular weight is 279 g/mol. The van der Waals surface area contributed by atoms with Gasteiger partial charge in [-0.15, -0.1) is 0 Å². The molecule has 3 rings (SSSR count). The lowest BCUT2D eigenvalue weighted by Crippen LogP contribution is -2.60. The van der Waals surface area contributed by atoms with Crippen molar-refractivity contribution in [3.8, 4) is 0 Å². The van der Waals surface area contributed by atoms with Gasteiger partial charge in [-0.3, -0.25) is 4.79 Å². The second kappa shape index (κ2) is 5.03. The Hall–Kier alpha value is -2.09. The minimum absolute atomic E-state index is 0.0622.